The molecule has 0 spiro atoms. The summed E-state index contributed by atoms with van der Waals surface area (Å²) in [6, 6.07) is -10.2. The summed E-state index contributed by atoms with van der Waals surface area (Å²) in [7, 11) is 0. The van der Waals surface area contributed by atoms with E-state index in [1.165, 1.54) is 24.0 Å². The van der Waals surface area contributed by atoms with Gasteiger partial charge in [0.2, 0.25) is 88.6 Å². The molecule has 0 aliphatic carbocycles. The molecule has 0 bridgehead atoms. The second-order valence-electron chi connectivity index (χ2n) is 34.1. The minimum atomic E-state index is -1.93. The number of phenolic OH excluding ortho intramolecular Hbond substituents is 1. The van der Waals surface area contributed by atoms with Gasteiger partial charge in [0, 0.05) is 38.9 Å². The zero-order valence-corrected chi connectivity index (χ0v) is 73.8. The van der Waals surface area contributed by atoms with Gasteiger partial charge in [-0.05, 0) is 157 Å². The molecule has 0 unspecified atom stereocenters. The molecule has 0 aromatic heterocycles. The van der Waals surface area contributed by atoms with Gasteiger partial charge in [-0.2, -0.15) is 0 Å². The summed E-state index contributed by atoms with van der Waals surface area (Å²) in [5.41, 5.74) is 12.9. The van der Waals surface area contributed by atoms with E-state index in [-0.39, 0.29) is 114 Å². The van der Waals surface area contributed by atoms with Crippen LogP contribution >= 0.6 is 0 Å². The number of rotatable bonds is 53. The maximum absolute atomic E-state index is 14.7. The van der Waals surface area contributed by atoms with Gasteiger partial charge in [-0.15, -0.1) is 0 Å². The minimum absolute atomic E-state index is 0.00372. The number of carboxylic acid groups (broad SMARTS) is 4. The van der Waals surface area contributed by atoms with Crippen molar-refractivity contribution in [3.05, 3.63) is 65.7 Å². The second kappa shape index (κ2) is 52.3. The molecule has 43 heteroatoms. The molecule has 3 aliphatic rings. The lowest BCUT2D eigenvalue weighted by atomic mass is 10.00. The number of nitrogens with zero attached hydrogens (tertiary/aromatic N) is 3. The highest BCUT2D eigenvalue weighted by atomic mass is 16.4. The van der Waals surface area contributed by atoms with Crippen molar-refractivity contribution in [2.45, 2.75) is 281 Å². The molecule has 0 radical (unpaired) electrons. The van der Waals surface area contributed by atoms with E-state index >= 15 is 0 Å². The lowest BCUT2D eigenvalue weighted by Crippen LogP contribution is -2.61. The first-order valence-corrected chi connectivity index (χ1v) is 43.3. The summed E-state index contributed by atoms with van der Waals surface area (Å²) < 4.78 is 0. The molecular formula is C85H129N17O26. The Bertz CT molecular complexity index is 4190. The first-order chi connectivity index (χ1) is 60.4. The quantitative estimate of drug-likeness (QED) is 0.0286. The maximum atomic E-state index is 14.7. The van der Waals surface area contributed by atoms with E-state index in [0.29, 0.717) is 30.4 Å². The lowest BCUT2D eigenvalue weighted by molar-refractivity contribution is -0.149. The van der Waals surface area contributed by atoms with E-state index < -0.39 is 266 Å². The fourth-order valence-corrected chi connectivity index (χ4v) is 15.1. The number of phenols is 1. The molecule has 23 N–H and O–H groups in total. The van der Waals surface area contributed by atoms with Gasteiger partial charge in [0.15, 0.2) is 0 Å². The van der Waals surface area contributed by atoms with Crippen LogP contribution in [0.1, 0.15) is 183 Å². The van der Waals surface area contributed by atoms with Crippen LogP contribution in [-0.4, -0.2) is 299 Å². The molecule has 15 amide bonds. The lowest BCUT2D eigenvalue weighted by Gasteiger charge is -2.32. The van der Waals surface area contributed by atoms with Crippen molar-refractivity contribution in [2.24, 2.45) is 35.1 Å². The van der Waals surface area contributed by atoms with Crippen LogP contribution in [0.4, 0.5) is 0 Å². The van der Waals surface area contributed by atoms with E-state index in [1.807, 2.05) is 0 Å². The van der Waals surface area contributed by atoms with Crippen LogP contribution in [-0.2, 0) is 104 Å². The number of aliphatic hydroxyl groups is 2. The Morgan fingerprint density at radius 3 is 1.20 bits per heavy atom. The summed E-state index contributed by atoms with van der Waals surface area (Å²) in [6.45, 7) is 12.8. The van der Waals surface area contributed by atoms with E-state index in [1.54, 1.807) is 97.9 Å². The number of unbranched alkanes of at least 4 members (excludes halogenated alkanes) is 1. The van der Waals surface area contributed by atoms with Crippen molar-refractivity contribution in [1.82, 2.24) is 78.5 Å². The van der Waals surface area contributed by atoms with E-state index in [9.17, 15) is 127 Å². The van der Waals surface area contributed by atoms with E-state index in [0.717, 1.165) is 9.80 Å². The number of carboxylic acids is 4. The Kier molecular flexibility index (Phi) is 43.6. The van der Waals surface area contributed by atoms with Crippen LogP contribution in [0.3, 0.4) is 0 Å². The number of carbonyl (C=O) groups is 19. The van der Waals surface area contributed by atoms with Gasteiger partial charge in [0.25, 0.3) is 0 Å². The van der Waals surface area contributed by atoms with Crippen molar-refractivity contribution >= 4 is 112 Å². The minimum Gasteiger partial charge on any atom is -0.508 e. The first-order valence-electron chi connectivity index (χ1n) is 43.3. The molecule has 710 valence electrons. The summed E-state index contributed by atoms with van der Waals surface area (Å²) in [5, 5.41) is 99.7. The first kappa shape index (κ1) is 107. The zero-order valence-electron chi connectivity index (χ0n) is 73.8. The standard InChI is InChI=1S/C85H129N17O26/c1-44(2)36-56(76(118)89-55(29-31-67(108)109)74(116)95-60(38-46(5)6)83(125)102-35-17-23-65(102)85(127)128)92-77(119)58(41-68(110)111)94-81(123)64-22-16-34-101(64)84(126)69(47(7)8)99-70(112)48(9)88-75(117)57(40-49-18-11-10-12-19-49)93-73(115)54(28-30-66(106)107)90-78(120)62(43-104)98-72(114)53(20-13-14-32-86)91-80(122)63-21-15-33-100(63)82(124)59(37-45(3)4)96-79(121)61(42-103)97-71(113)52(87)39-50-24-26-51(105)27-25-50/h10-12,18-19,24-27,44-48,52-65,69,103-105H,13-17,20-23,28-43,86-87H2,1-9H3,(H,88,117)(H,89,118)(H,90,120)(H,91,122)(H,92,119)(H,93,115)(H,94,123)(H,95,116)(H,96,121)(H,97,113)(H,98,114)(H,99,112)(H,106,107)(H,108,109)(H,110,111)(H,127,128)/t48-,52-,53-,54-,55-,56-,57-,58-,59-,60-,61-,62-,63-,64-,65-,69-/m0/s1. The van der Waals surface area contributed by atoms with Crippen molar-refractivity contribution in [2.75, 3.05) is 39.4 Å². The Balaban J connectivity index is 1.28. The van der Waals surface area contributed by atoms with Crippen LogP contribution in [0, 0.1) is 23.7 Å². The van der Waals surface area contributed by atoms with Crippen LogP contribution in [0.2, 0.25) is 0 Å². The Hall–Kier alpha value is -12.0. The normalized spacial score (nSPS) is 18.0. The molecule has 0 saturated carbocycles. The zero-order chi connectivity index (χ0) is 95.5. The number of carbonyl (C=O) groups excluding carboxylic acids is 15. The van der Waals surface area contributed by atoms with Gasteiger partial charge in [0.1, 0.15) is 96.4 Å². The number of aliphatic hydroxyl groups excluding tert-OH is 2. The van der Waals surface area contributed by atoms with Crippen molar-refractivity contribution in [3.63, 3.8) is 0 Å². The molecule has 16 atom stereocenters. The van der Waals surface area contributed by atoms with Gasteiger partial charge in [-0.3, -0.25) is 86.3 Å². The Morgan fingerprint density at radius 2 is 0.758 bits per heavy atom. The third-order valence-corrected chi connectivity index (χ3v) is 21.9. The summed E-state index contributed by atoms with van der Waals surface area (Å²) in [4.78, 5) is 265. The number of likely N-dealkylation sites (tertiary alicyclic amines) is 3. The van der Waals surface area contributed by atoms with Crippen LogP contribution in [0.5, 0.6) is 5.75 Å². The third kappa shape index (κ3) is 34.0. The molecule has 2 aromatic rings. The largest absolute Gasteiger partial charge is 0.508 e. The van der Waals surface area contributed by atoms with Crippen LogP contribution in [0.15, 0.2) is 54.6 Å². The molecule has 5 rings (SSSR count). The van der Waals surface area contributed by atoms with Gasteiger partial charge in [-0.1, -0.05) is 97.9 Å². The number of aromatic hydroxyl groups is 1. The topological polar surface area (TPSA) is 672 Å². The SMILES string of the molecule is CC(C)C[C@H](NC(=O)[C@H](CC(=O)O)NC(=O)[C@@H]1CCCN1C(=O)[C@@H](NC(=O)[C@H](C)NC(=O)[C@H](Cc1ccccc1)NC(=O)[C@H](CCC(=O)O)NC(=O)[C@H](CO)NC(=O)[C@H](CCCCN)NC(=O)[C@@H]1CCCN1C(=O)[C@H](CC(C)C)NC(=O)[C@H](CO)NC(=O)[C@@H](N)Cc1ccc(O)cc1)C(C)C)C(=O)N[C@@H](CCC(=O)O)C(=O)N[C@@H](CC(C)C)C(=O)N1CCC[C@H]1C(=O)O. The molecule has 3 aliphatic heterocycles. The summed E-state index contributed by atoms with van der Waals surface area (Å²) in [6.07, 6.45) is -2.59. The van der Waals surface area contributed by atoms with Gasteiger partial charge >= 0.3 is 23.9 Å². The molecule has 3 fully saturated rings. The number of amides is 15. The molecule has 3 saturated heterocycles. The highest BCUT2D eigenvalue weighted by Gasteiger charge is 2.45. The average molecular weight is 1810 g/mol. The van der Waals surface area contributed by atoms with Crippen molar-refractivity contribution in [1.29, 1.82) is 0 Å². The Morgan fingerprint density at radius 1 is 0.383 bits per heavy atom. The highest BCUT2D eigenvalue weighted by Crippen LogP contribution is 2.26. The third-order valence-electron chi connectivity index (χ3n) is 21.9. The molecule has 43 nitrogen and oxygen atoms in total. The molecule has 2 aromatic carbocycles. The fourth-order valence-electron chi connectivity index (χ4n) is 15.1. The molecule has 3 heterocycles. The second-order valence-corrected chi connectivity index (χ2v) is 34.1. The summed E-state index contributed by atoms with van der Waals surface area (Å²) in [5.74, 6) is -21.8. The number of nitrogens with two attached hydrogens (primary N) is 2. The number of hydrogen-bond donors (Lipinski definition) is 21. The number of benzene rings is 2. The van der Waals surface area contributed by atoms with Gasteiger partial charge in [0.05, 0.1) is 25.7 Å². The smallest absolute Gasteiger partial charge is 0.326 e. The molecular weight excluding hydrogens is 1680 g/mol. The van der Waals surface area contributed by atoms with E-state index in [2.05, 4.69) is 63.8 Å². The van der Waals surface area contributed by atoms with Crippen molar-refractivity contribution in [3.8, 4) is 5.75 Å². The predicted octanol–water partition coefficient (Wildman–Crippen LogP) is -3.49. The maximum Gasteiger partial charge on any atom is 0.326 e. The molecule has 128 heavy (non-hydrogen) atoms. The number of nitrogens with one attached hydrogen (secondary N) is 12. The van der Waals surface area contributed by atoms with Gasteiger partial charge < -0.3 is 126 Å². The van der Waals surface area contributed by atoms with Crippen molar-refractivity contribution < 1.29 is 127 Å². The monoisotopic (exact) mass is 1800 g/mol. The Labute approximate surface area is 741 Å². The van der Waals surface area contributed by atoms with Gasteiger partial charge in [-0.25, -0.2) is 4.79 Å². The van der Waals surface area contributed by atoms with Crippen LogP contribution < -0.4 is 75.3 Å². The summed E-state index contributed by atoms with van der Waals surface area (Å²) >= 11 is 0. The average Bonchev–Trinajstić information content (AvgIpc) is 1.66. The number of hydrogen-bond acceptors (Lipinski definition) is 24. The predicted molar refractivity (Wildman–Crippen MR) is 457 cm³/mol. The van der Waals surface area contributed by atoms with Crippen LogP contribution in [0.25, 0.3) is 0 Å². The highest BCUT2D eigenvalue weighted by molar-refractivity contribution is 6.02. The number of aliphatic carboxylic acids is 4. The fraction of sp³-hybridized carbons (Fsp3) is 0.635. The van der Waals surface area contributed by atoms with E-state index in [4.69, 9.17) is 11.5 Å².